The second kappa shape index (κ2) is 3.68. The Hall–Kier alpha value is -1.20. The summed E-state index contributed by atoms with van der Waals surface area (Å²) in [5.41, 5.74) is 8.08. The van der Waals surface area contributed by atoms with Gasteiger partial charge in [0, 0.05) is 11.3 Å². The molecule has 0 aromatic carbocycles. The van der Waals surface area contributed by atoms with E-state index in [0.29, 0.717) is 16.0 Å². The fraction of sp³-hybridized carbons (Fsp3) is 0.300. The molecule has 0 saturated carbocycles. The molecule has 6 heteroatoms. The van der Waals surface area contributed by atoms with Crippen molar-refractivity contribution >= 4 is 28.8 Å². The van der Waals surface area contributed by atoms with Crippen LogP contribution in [0.15, 0.2) is 6.20 Å². The van der Waals surface area contributed by atoms with E-state index in [1.54, 1.807) is 6.20 Å². The minimum atomic E-state index is 0.587. The van der Waals surface area contributed by atoms with Crippen LogP contribution >= 0.6 is 22.9 Å². The SMILES string of the molecule is Nc1nc(-c2ncc(Cl)s2)nc2c1CCC2. The van der Waals surface area contributed by atoms with E-state index in [1.807, 2.05) is 0 Å². The standard InChI is InChI=1S/C10H9ClN4S/c11-7-4-13-10(16-7)9-14-6-3-1-2-5(6)8(12)15-9/h4H,1-3H2,(H2,12,14,15). The molecule has 2 aromatic rings. The second-order valence-corrected chi connectivity index (χ2v) is 5.34. The van der Waals surface area contributed by atoms with Crippen LogP contribution in [-0.4, -0.2) is 15.0 Å². The number of hydrogen-bond donors (Lipinski definition) is 1. The van der Waals surface area contributed by atoms with Gasteiger partial charge in [-0.3, -0.25) is 0 Å². The lowest BCUT2D eigenvalue weighted by Gasteiger charge is -2.03. The van der Waals surface area contributed by atoms with Crippen LogP contribution in [0.2, 0.25) is 4.34 Å². The fourth-order valence-electron chi connectivity index (χ4n) is 1.91. The lowest BCUT2D eigenvalue weighted by molar-refractivity contribution is 0.900. The van der Waals surface area contributed by atoms with Gasteiger partial charge in [-0.1, -0.05) is 22.9 Å². The lowest BCUT2D eigenvalue weighted by atomic mass is 10.2. The van der Waals surface area contributed by atoms with Gasteiger partial charge in [-0.2, -0.15) is 0 Å². The van der Waals surface area contributed by atoms with Crippen molar-refractivity contribution in [2.75, 3.05) is 5.73 Å². The number of halogens is 1. The first-order chi connectivity index (χ1) is 7.74. The number of thiazole rings is 1. The Kier molecular flexibility index (Phi) is 2.29. The van der Waals surface area contributed by atoms with Crippen molar-refractivity contribution in [3.8, 4) is 10.8 Å². The largest absolute Gasteiger partial charge is 0.383 e. The predicted octanol–water partition coefficient (Wildman–Crippen LogP) is 2.32. The predicted molar refractivity (Wildman–Crippen MR) is 64.6 cm³/mol. The smallest absolute Gasteiger partial charge is 0.190 e. The molecule has 2 aromatic heterocycles. The van der Waals surface area contributed by atoms with E-state index in [4.69, 9.17) is 17.3 Å². The maximum atomic E-state index is 5.91. The number of anilines is 1. The number of hydrogen-bond acceptors (Lipinski definition) is 5. The number of fused-ring (bicyclic) bond motifs is 1. The number of aromatic nitrogens is 3. The minimum Gasteiger partial charge on any atom is -0.383 e. The van der Waals surface area contributed by atoms with Crippen molar-refractivity contribution in [2.45, 2.75) is 19.3 Å². The summed E-state index contributed by atoms with van der Waals surface area (Å²) in [5, 5.41) is 0.728. The van der Waals surface area contributed by atoms with Crippen LogP contribution in [0.3, 0.4) is 0 Å². The molecule has 0 unspecified atom stereocenters. The molecule has 0 atom stereocenters. The highest BCUT2D eigenvalue weighted by Gasteiger charge is 2.19. The normalized spacial score (nSPS) is 14.1. The van der Waals surface area contributed by atoms with E-state index >= 15 is 0 Å². The lowest BCUT2D eigenvalue weighted by Crippen LogP contribution is -2.02. The van der Waals surface area contributed by atoms with E-state index in [9.17, 15) is 0 Å². The second-order valence-electron chi connectivity index (χ2n) is 3.68. The molecule has 1 aliphatic rings. The Morgan fingerprint density at radius 1 is 1.31 bits per heavy atom. The summed E-state index contributed by atoms with van der Waals surface area (Å²) >= 11 is 7.21. The van der Waals surface area contributed by atoms with Gasteiger partial charge in [0.15, 0.2) is 10.8 Å². The summed E-state index contributed by atoms with van der Waals surface area (Å²) in [6, 6.07) is 0. The average Bonchev–Trinajstić information content (AvgIpc) is 2.85. The Morgan fingerprint density at radius 2 is 2.19 bits per heavy atom. The molecule has 0 bridgehead atoms. The van der Waals surface area contributed by atoms with Crippen molar-refractivity contribution in [2.24, 2.45) is 0 Å². The van der Waals surface area contributed by atoms with Gasteiger partial charge < -0.3 is 5.73 Å². The number of nitrogens with zero attached hydrogens (tertiary/aromatic N) is 3. The van der Waals surface area contributed by atoms with E-state index in [2.05, 4.69) is 15.0 Å². The molecular formula is C10H9ClN4S. The number of nitrogens with two attached hydrogens (primary N) is 1. The monoisotopic (exact) mass is 252 g/mol. The van der Waals surface area contributed by atoms with Crippen molar-refractivity contribution < 1.29 is 0 Å². The zero-order valence-electron chi connectivity index (χ0n) is 8.40. The zero-order chi connectivity index (χ0) is 11.1. The Labute approximate surface area is 102 Å². The summed E-state index contributed by atoms with van der Waals surface area (Å²) in [7, 11) is 0. The van der Waals surface area contributed by atoms with Crippen molar-refractivity contribution in [3.05, 3.63) is 21.8 Å². The van der Waals surface area contributed by atoms with Gasteiger partial charge in [-0.15, -0.1) is 0 Å². The summed E-state index contributed by atoms with van der Waals surface area (Å²) in [6.45, 7) is 0. The quantitative estimate of drug-likeness (QED) is 0.846. The van der Waals surface area contributed by atoms with Gasteiger partial charge in [0.2, 0.25) is 0 Å². The Balaban J connectivity index is 2.12. The van der Waals surface area contributed by atoms with Crippen LogP contribution in [0.4, 0.5) is 5.82 Å². The molecule has 0 saturated heterocycles. The van der Waals surface area contributed by atoms with Crippen LogP contribution in [0.1, 0.15) is 17.7 Å². The van der Waals surface area contributed by atoms with Gasteiger partial charge in [0.05, 0.1) is 6.20 Å². The highest BCUT2D eigenvalue weighted by molar-refractivity contribution is 7.18. The van der Waals surface area contributed by atoms with Crippen molar-refractivity contribution in [1.29, 1.82) is 0 Å². The van der Waals surface area contributed by atoms with Gasteiger partial charge in [-0.25, -0.2) is 15.0 Å². The fourth-order valence-corrected chi connectivity index (χ4v) is 2.76. The molecule has 4 nitrogen and oxygen atoms in total. The third-order valence-electron chi connectivity index (χ3n) is 2.63. The summed E-state index contributed by atoms with van der Waals surface area (Å²) < 4.78 is 0.637. The molecule has 0 radical (unpaired) electrons. The zero-order valence-corrected chi connectivity index (χ0v) is 9.98. The van der Waals surface area contributed by atoms with Crippen LogP contribution in [-0.2, 0) is 12.8 Å². The van der Waals surface area contributed by atoms with E-state index < -0.39 is 0 Å². The molecular weight excluding hydrogens is 244 g/mol. The van der Waals surface area contributed by atoms with Crippen LogP contribution in [0.5, 0.6) is 0 Å². The molecule has 3 rings (SSSR count). The van der Waals surface area contributed by atoms with Crippen LogP contribution in [0.25, 0.3) is 10.8 Å². The molecule has 2 N–H and O–H groups in total. The minimum absolute atomic E-state index is 0.587. The third kappa shape index (κ3) is 1.56. The molecule has 82 valence electrons. The first-order valence-corrected chi connectivity index (χ1v) is 6.20. The first kappa shape index (κ1) is 9.99. The molecule has 1 aliphatic carbocycles. The number of rotatable bonds is 1. The van der Waals surface area contributed by atoms with Crippen molar-refractivity contribution in [1.82, 2.24) is 15.0 Å². The highest BCUT2D eigenvalue weighted by atomic mass is 35.5. The molecule has 2 heterocycles. The molecule has 0 amide bonds. The van der Waals surface area contributed by atoms with Gasteiger partial charge in [-0.05, 0) is 19.3 Å². The van der Waals surface area contributed by atoms with Gasteiger partial charge >= 0.3 is 0 Å². The van der Waals surface area contributed by atoms with Gasteiger partial charge in [0.25, 0.3) is 0 Å². The molecule has 0 spiro atoms. The number of aryl methyl sites for hydroxylation is 1. The topological polar surface area (TPSA) is 64.7 Å². The summed E-state index contributed by atoms with van der Waals surface area (Å²) in [6.07, 6.45) is 4.68. The number of nitrogen functional groups attached to an aromatic ring is 1. The van der Waals surface area contributed by atoms with Crippen LogP contribution in [0, 0.1) is 0 Å². The first-order valence-electron chi connectivity index (χ1n) is 5.01. The average molecular weight is 253 g/mol. The maximum Gasteiger partial charge on any atom is 0.190 e. The van der Waals surface area contributed by atoms with E-state index in [1.165, 1.54) is 11.3 Å². The highest BCUT2D eigenvalue weighted by Crippen LogP contribution is 2.30. The summed E-state index contributed by atoms with van der Waals surface area (Å²) in [4.78, 5) is 12.9. The van der Waals surface area contributed by atoms with Gasteiger partial charge in [0.1, 0.15) is 10.2 Å². The molecule has 0 fully saturated rings. The third-order valence-corrected chi connectivity index (χ3v) is 3.74. The maximum absolute atomic E-state index is 5.91. The van der Waals surface area contributed by atoms with E-state index in [-0.39, 0.29) is 0 Å². The van der Waals surface area contributed by atoms with Crippen LogP contribution < -0.4 is 5.73 Å². The van der Waals surface area contributed by atoms with Crippen molar-refractivity contribution in [3.63, 3.8) is 0 Å². The Bertz CT molecular complexity index is 552. The Morgan fingerprint density at radius 3 is 2.94 bits per heavy atom. The summed E-state index contributed by atoms with van der Waals surface area (Å²) in [5.74, 6) is 1.18. The molecule has 0 aliphatic heterocycles. The van der Waals surface area contributed by atoms with E-state index in [0.717, 1.165) is 35.5 Å². The molecule has 16 heavy (non-hydrogen) atoms.